The number of hydrogen-bond donors (Lipinski definition) is 2. The number of esters is 2. The molecule has 0 bridgehead atoms. The Balaban J connectivity index is 2.28. The number of benzene rings is 2. The van der Waals surface area contributed by atoms with Crippen LogP contribution in [0.1, 0.15) is 11.1 Å². The molecule has 0 saturated carbocycles. The molecule has 2 N–H and O–H groups in total. The maximum atomic E-state index is 12.6. The largest absolute Gasteiger partial charge is 0.467 e. The fraction of sp³-hybridized carbons (Fsp3) is 0.190. The predicted octanol–water partition coefficient (Wildman–Crippen LogP) is 2.12. The third-order valence-corrected chi connectivity index (χ3v) is 4.30. The van der Waals surface area contributed by atoms with Gasteiger partial charge < -0.3 is 19.9 Å². The van der Waals surface area contributed by atoms with Crippen molar-refractivity contribution in [3.63, 3.8) is 0 Å². The van der Waals surface area contributed by atoms with Crippen LogP contribution < -0.4 is 5.32 Å². The minimum Gasteiger partial charge on any atom is -0.467 e. The summed E-state index contributed by atoms with van der Waals surface area (Å²) in [5, 5.41) is 13.6. The maximum absolute atomic E-state index is 12.6. The Morgan fingerprint density at radius 1 is 1.17 bits per heavy atom. The Bertz CT molecular complexity index is 868. The monoisotopic (exact) mass is 417 g/mol. The van der Waals surface area contributed by atoms with Gasteiger partial charge in [0, 0.05) is 5.02 Å². The summed E-state index contributed by atoms with van der Waals surface area (Å²) in [6.07, 6.45) is 2.66. The fourth-order valence-electron chi connectivity index (χ4n) is 2.50. The van der Waals surface area contributed by atoms with E-state index >= 15 is 0 Å². The van der Waals surface area contributed by atoms with Gasteiger partial charge in [-0.1, -0.05) is 60.1 Å². The van der Waals surface area contributed by atoms with Crippen molar-refractivity contribution in [2.75, 3.05) is 7.11 Å². The first kappa shape index (κ1) is 22.1. The highest BCUT2D eigenvalue weighted by Gasteiger charge is 2.48. The van der Waals surface area contributed by atoms with Crippen LogP contribution in [0.15, 0.2) is 60.7 Å². The van der Waals surface area contributed by atoms with Crippen LogP contribution in [0.2, 0.25) is 5.02 Å². The van der Waals surface area contributed by atoms with Crippen molar-refractivity contribution < 1.29 is 29.0 Å². The summed E-state index contributed by atoms with van der Waals surface area (Å²) < 4.78 is 9.81. The number of aliphatic hydroxyl groups is 1. The van der Waals surface area contributed by atoms with E-state index in [1.165, 1.54) is 6.08 Å². The van der Waals surface area contributed by atoms with Gasteiger partial charge in [-0.2, -0.15) is 0 Å². The average molecular weight is 418 g/mol. The van der Waals surface area contributed by atoms with Gasteiger partial charge >= 0.3 is 11.9 Å². The van der Waals surface area contributed by atoms with Crippen LogP contribution in [0.5, 0.6) is 0 Å². The van der Waals surface area contributed by atoms with Crippen molar-refractivity contribution in [1.29, 1.82) is 0 Å². The second-order valence-corrected chi connectivity index (χ2v) is 6.45. The third-order valence-electron chi connectivity index (χ3n) is 4.05. The van der Waals surface area contributed by atoms with Crippen molar-refractivity contribution in [2.24, 2.45) is 0 Å². The third kappa shape index (κ3) is 5.91. The quantitative estimate of drug-likeness (QED) is 0.478. The van der Waals surface area contributed by atoms with Crippen molar-refractivity contribution in [3.05, 3.63) is 76.8 Å². The number of methoxy groups -OCH3 is 1. The number of ether oxygens (including phenoxy) is 2. The topological polar surface area (TPSA) is 102 Å². The summed E-state index contributed by atoms with van der Waals surface area (Å²) in [6, 6.07) is 13.6. The summed E-state index contributed by atoms with van der Waals surface area (Å²) >= 11 is 5.84. The van der Waals surface area contributed by atoms with Gasteiger partial charge in [-0.15, -0.1) is 0 Å². The first-order chi connectivity index (χ1) is 13.9. The molecule has 8 heteroatoms. The number of nitrogens with one attached hydrogen (secondary N) is 1. The van der Waals surface area contributed by atoms with Crippen LogP contribution in [0, 0.1) is 0 Å². The second kappa shape index (κ2) is 10.4. The van der Waals surface area contributed by atoms with Crippen LogP contribution in [0.3, 0.4) is 0 Å². The Labute approximate surface area is 172 Å². The lowest BCUT2D eigenvalue weighted by atomic mass is 9.92. The van der Waals surface area contributed by atoms with E-state index in [0.717, 1.165) is 13.2 Å². The van der Waals surface area contributed by atoms with Crippen LogP contribution in [0.25, 0.3) is 6.08 Å². The van der Waals surface area contributed by atoms with Crippen molar-refractivity contribution >= 4 is 36.0 Å². The number of carbonyl (C=O) groups is 3. The van der Waals surface area contributed by atoms with Gasteiger partial charge in [-0.25, -0.2) is 9.59 Å². The molecule has 0 aliphatic rings. The Morgan fingerprint density at radius 3 is 2.41 bits per heavy atom. The van der Waals surface area contributed by atoms with Crippen molar-refractivity contribution in [2.45, 2.75) is 18.2 Å². The molecule has 2 aromatic carbocycles. The van der Waals surface area contributed by atoms with E-state index in [0.29, 0.717) is 16.1 Å². The van der Waals surface area contributed by atoms with Gasteiger partial charge in [0.2, 0.25) is 12.0 Å². The molecule has 0 aliphatic carbocycles. The van der Waals surface area contributed by atoms with Gasteiger partial charge in [-0.05, 0) is 29.3 Å². The van der Waals surface area contributed by atoms with E-state index in [1.54, 1.807) is 54.6 Å². The van der Waals surface area contributed by atoms with Gasteiger partial charge in [0.05, 0.1) is 7.11 Å². The molecule has 0 spiro atoms. The van der Waals surface area contributed by atoms with Crippen LogP contribution in [-0.2, 0) is 30.5 Å². The van der Waals surface area contributed by atoms with E-state index < -0.39 is 23.6 Å². The molecule has 29 heavy (non-hydrogen) atoms. The lowest BCUT2D eigenvalue weighted by Crippen LogP contribution is -2.59. The summed E-state index contributed by atoms with van der Waals surface area (Å²) in [4.78, 5) is 35.9. The zero-order chi connectivity index (χ0) is 21.3. The highest BCUT2D eigenvalue weighted by Crippen LogP contribution is 2.20. The second-order valence-electron chi connectivity index (χ2n) is 6.01. The average Bonchev–Trinajstić information content (AvgIpc) is 2.75. The molecule has 152 valence electrons. The standard InChI is InChI=1S/C21H20ClNO6/c1-28-20(26)21(27,12-11-15-7-9-17(22)10-8-15)18(23-14-24)19(25)29-13-16-5-3-2-4-6-16/h2-12,14,18,27H,13H2,1H3,(H,23,24)/b12-11+/t18-,21-/m0/s1. The zero-order valence-electron chi connectivity index (χ0n) is 15.6. The van der Waals surface area contributed by atoms with Crippen molar-refractivity contribution in [1.82, 2.24) is 5.32 Å². The molecule has 0 radical (unpaired) electrons. The smallest absolute Gasteiger partial charge is 0.344 e. The van der Waals surface area contributed by atoms with Crippen molar-refractivity contribution in [3.8, 4) is 0 Å². The molecule has 0 aromatic heterocycles. The minimum absolute atomic E-state index is 0.102. The molecule has 0 unspecified atom stereocenters. The SMILES string of the molecule is COC(=O)[C@](O)(/C=C/c1ccc(Cl)cc1)[C@@H](NC=O)C(=O)OCc1ccccc1. The van der Waals surface area contributed by atoms with E-state index in [9.17, 15) is 19.5 Å². The van der Waals surface area contributed by atoms with E-state index in [1.807, 2.05) is 0 Å². The molecule has 2 aromatic rings. The molecule has 1 amide bonds. The number of amides is 1. The zero-order valence-corrected chi connectivity index (χ0v) is 16.3. The predicted molar refractivity (Wildman–Crippen MR) is 107 cm³/mol. The normalized spacial score (nSPS) is 13.9. The van der Waals surface area contributed by atoms with Gasteiger partial charge in [0.15, 0.2) is 6.04 Å². The fourth-order valence-corrected chi connectivity index (χ4v) is 2.62. The lowest BCUT2D eigenvalue weighted by molar-refractivity contribution is -0.169. The molecule has 2 rings (SSSR count). The Hall–Kier alpha value is -3.16. The Kier molecular flexibility index (Phi) is 7.94. The number of hydrogen-bond acceptors (Lipinski definition) is 6. The molecule has 7 nitrogen and oxygen atoms in total. The molecule has 2 atom stereocenters. The molecule has 0 fully saturated rings. The lowest BCUT2D eigenvalue weighted by Gasteiger charge is -2.29. The minimum atomic E-state index is -2.50. The van der Waals surface area contributed by atoms with Gasteiger partial charge in [-0.3, -0.25) is 4.79 Å². The number of carbonyl (C=O) groups excluding carboxylic acids is 3. The van der Waals surface area contributed by atoms with Gasteiger partial charge in [0.1, 0.15) is 6.61 Å². The first-order valence-electron chi connectivity index (χ1n) is 8.56. The van der Waals surface area contributed by atoms with Crippen LogP contribution in [0.4, 0.5) is 0 Å². The summed E-state index contributed by atoms with van der Waals surface area (Å²) in [7, 11) is 1.05. The molecular weight excluding hydrogens is 398 g/mol. The summed E-state index contributed by atoms with van der Waals surface area (Å²) in [5.41, 5.74) is -1.20. The molecule has 0 saturated heterocycles. The highest BCUT2D eigenvalue weighted by molar-refractivity contribution is 6.30. The van der Waals surface area contributed by atoms with Crippen LogP contribution in [-0.4, -0.2) is 42.2 Å². The van der Waals surface area contributed by atoms with Crippen LogP contribution >= 0.6 is 11.6 Å². The molecule has 0 aliphatic heterocycles. The molecule has 0 heterocycles. The summed E-state index contributed by atoms with van der Waals surface area (Å²) in [5.74, 6) is -2.15. The first-order valence-corrected chi connectivity index (χ1v) is 8.94. The maximum Gasteiger partial charge on any atom is 0.344 e. The summed E-state index contributed by atoms with van der Waals surface area (Å²) in [6.45, 7) is -0.102. The Morgan fingerprint density at radius 2 is 1.83 bits per heavy atom. The van der Waals surface area contributed by atoms with E-state index in [2.05, 4.69) is 10.1 Å². The molecular formula is C21H20ClNO6. The number of halogens is 1. The van der Waals surface area contributed by atoms with E-state index in [-0.39, 0.29) is 13.0 Å². The van der Waals surface area contributed by atoms with Gasteiger partial charge in [0.25, 0.3) is 0 Å². The number of rotatable bonds is 9. The highest BCUT2D eigenvalue weighted by atomic mass is 35.5. The van der Waals surface area contributed by atoms with E-state index in [4.69, 9.17) is 16.3 Å².